The van der Waals surface area contributed by atoms with E-state index in [1.807, 2.05) is 6.07 Å². The fraction of sp³-hybridized carbons (Fsp3) is 0.562. The minimum Gasteiger partial charge on any atom is -0.493 e. The molecule has 0 spiro atoms. The van der Waals surface area contributed by atoms with Crippen molar-refractivity contribution in [3.05, 3.63) is 23.8 Å². The van der Waals surface area contributed by atoms with Gasteiger partial charge in [-0.3, -0.25) is 4.79 Å². The van der Waals surface area contributed by atoms with Gasteiger partial charge in [-0.2, -0.15) is 0 Å². The first kappa shape index (κ1) is 15.6. The lowest BCUT2D eigenvalue weighted by Crippen LogP contribution is -2.42. The van der Waals surface area contributed by atoms with Crippen LogP contribution in [0.2, 0.25) is 0 Å². The molecule has 0 radical (unpaired) electrons. The third-order valence-electron chi connectivity index (χ3n) is 3.91. The van der Waals surface area contributed by atoms with Gasteiger partial charge in [-0.25, -0.2) is 0 Å². The maximum atomic E-state index is 12.0. The van der Waals surface area contributed by atoms with E-state index in [1.165, 1.54) is 0 Å². The summed E-state index contributed by atoms with van der Waals surface area (Å²) < 4.78 is 10.4. The van der Waals surface area contributed by atoms with Crippen LogP contribution in [0.4, 0.5) is 0 Å². The van der Waals surface area contributed by atoms with Crippen molar-refractivity contribution in [1.82, 2.24) is 5.32 Å². The van der Waals surface area contributed by atoms with E-state index >= 15 is 0 Å². The Morgan fingerprint density at radius 1 is 1.33 bits per heavy atom. The molecule has 1 saturated carbocycles. The van der Waals surface area contributed by atoms with Crippen molar-refractivity contribution in [1.29, 1.82) is 0 Å². The molecule has 0 aromatic heterocycles. The lowest BCUT2D eigenvalue weighted by atomic mass is 10.0. The van der Waals surface area contributed by atoms with E-state index in [0.717, 1.165) is 18.4 Å². The molecule has 2 rings (SSSR count). The van der Waals surface area contributed by atoms with Crippen molar-refractivity contribution in [3.8, 4) is 11.5 Å². The Balaban J connectivity index is 1.90. The molecule has 116 valence electrons. The van der Waals surface area contributed by atoms with Gasteiger partial charge in [-0.1, -0.05) is 6.07 Å². The van der Waals surface area contributed by atoms with E-state index in [2.05, 4.69) is 5.32 Å². The van der Waals surface area contributed by atoms with Gasteiger partial charge in [0, 0.05) is 6.54 Å². The first-order valence-electron chi connectivity index (χ1n) is 7.16. The number of aliphatic hydroxyl groups is 1. The van der Waals surface area contributed by atoms with E-state index < -0.39 is 5.60 Å². The second-order valence-electron chi connectivity index (χ2n) is 5.77. The van der Waals surface area contributed by atoms with Crippen LogP contribution in [-0.2, 0) is 11.2 Å². The molecule has 1 aromatic carbocycles. The number of benzene rings is 1. The first-order valence-corrected chi connectivity index (χ1v) is 7.16. The topological polar surface area (TPSA) is 67.8 Å². The van der Waals surface area contributed by atoms with Crippen molar-refractivity contribution in [3.63, 3.8) is 0 Å². The fourth-order valence-corrected chi connectivity index (χ4v) is 2.37. The quantitative estimate of drug-likeness (QED) is 0.800. The minimum atomic E-state index is -0.798. The number of ether oxygens (including phenoxy) is 2. The highest BCUT2D eigenvalue weighted by Gasteiger charge is 2.39. The van der Waals surface area contributed by atoms with Crippen molar-refractivity contribution in [2.45, 2.75) is 31.8 Å². The maximum Gasteiger partial charge on any atom is 0.224 e. The molecule has 1 amide bonds. The Morgan fingerprint density at radius 2 is 2.00 bits per heavy atom. The fourth-order valence-electron chi connectivity index (χ4n) is 2.37. The van der Waals surface area contributed by atoms with E-state index in [1.54, 1.807) is 33.3 Å². The van der Waals surface area contributed by atoms with Crippen molar-refractivity contribution in [2.75, 3.05) is 20.8 Å². The van der Waals surface area contributed by atoms with Gasteiger partial charge in [-0.05, 0) is 43.4 Å². The Bertz CT molecular complexity index is 509. The third kappa shape index (κ3) is 4.11. The Kier molecular flexibility index (Phi) is 4.73. The van der Waals surface area contributed by atoms with Gasteiger partial charge in [0.1, 0.15) is 0 Å². The molecular formula is C16H23NO4. The predicted octanol–water partition coefficient (Wildman–Crippen LogP) is 1.52. The highest BCUT2D eigenvalue weighted by atomic mass is 16.5. The van der Waals surface area contributed by atoms with Gasteiger partial charge < -0.3 is 19.9 Å². The molecule has 1 aliphatic carbocycles. The summed E-state index contributed by atoms with van der Waals surface area (Å²) in [6.45, 7) is 2.07. The number of amides is 1. The Labute approximate surface area is 125 Å². The average Bonchev–Trinajstić information content (AvgIpc) is 3.30. The smallest absolute Gasteiger partial charge is 0.224 e. The molecule has 21 heavy (non-hydrogen) atoms. The summed E-state index contributed by atoms with van der Waals surface area (Å²) in [5, 5.41) is 13.0. The Hall–Kier alpha value is -1.75. The van der Waals surface area contributed by atoms with Crippen molar-refractivity contribution < 1.29 is 19.4 Å². The molecule has 2 N–H and O–H groups in total. The van der Waals surface area contributed by atoms with Crippen molar-refractivity contribution >= 4 is 5.91 Å². The molecule has 0 saturated heterocycles. The Morgan fingerprint density at radius 3 is 2.57 bits per heavy atom. The summed E-state index contributed by atoms with van der Waals surface area (Å²) in [6, 6.07) is 5.40. The van der Waals surface area contributed by atoms with Crippen LogP contribution in [0, 0.1) is 5.92 Å². The zero-order valence-corrected chi connectivity index (χ0v) is 12.8. The standard InChI is InChI=1S/C16H23NO4/c1-16(19,12-5-6-12)10-17-15(18)9-11-4-7-13(20-2)14(8-11)21-3/h4,7-8,12,19H,5-6,9-10H2,1-3H3,(H,17,18). The van der Waals surface area contributed by atoms with Gasteiger partial charge in [0.25, 0.3) is 0 Å². The molecule has 1 unspecified atom stereocenters. The van der Waals surface area contributed by atoms with Crippen LogP contribution in [0.1, 0.15) is 25.3 Å². The molecule has 0 heterocycles. The van der Waals surface area contributed by atoms with Crippen LogP contribution >= 0.6 is 0 Å². The van der Waals surface area contributed by atoms with Gasteiger partial charge in [0.05, 0.1) is 26.2 Å². The van der Waals surface area contributed by atoms with Gasteiger partial charge >= 0.3 is 0 Å². The van der Waals surface area contributed by atoms with Crippen LogP contribution in [0.25, 0.3) is 0 Å². The predicted molar refractivity (Wildman–Crippen MR) is 79.6 cm³/mol. The molecule has 1 aliphatic rings. The lowest BCUT2D eigenvalue weighted by Gasteiger charge is -2.23. The zero-order chi connectivity index (χ0) is 15.5. The summed E-state index contributed by atoms with van der Waals surface area (Å²) in [5.41, 5.74) is 0.0454. The molecule has 5 heteroatoms. The second-order valence-corrected chi connectivity index (χ2v) is 5.77. The van der Waals surface area contributed by atoms with Crippen LogP contribution < -0.4 is 14.8 Å². The summed E-state index contributed by atoms with van der Waals surface area (Å²) in [5.74, 6) is 1.45. The normalized spacial score (nSPS) is 17.0. The van der Waals surface area contributed by atoms with Crippen LogP contribution in [0.15, 0.2) is 18.2 Å². The van der Waals surface area contributed by atoms with E-state index in [0.29, 0.717) is 24.0 Å². The van der Waals surface area contributed by atoms with Crippen LogP contribution in [0.3, 0.4) is 0 Å². The summed E-state index contributed by atoms with van der Waals surface area (Å²) in [7, 11) is 3.14. The number of nitrogens with one attached hydrogen (secondary N) is 1. The molecule has 1 fully saturated rings. The monoisotopic (exact) mass is 293 g/mol. The lowest BCUT2D eigenvalue weighted by molar-refractivity contribution is -0.121. The van der Waals surface area contributed by atoms with E-state index in [9.17, 15) is 9.90 Å². The largest absolute Gasteiger partial charge is 0.493 e. The van der Waals surface area contributed by atoms with Gasteiger partial charge in [-0.15, -0.1) is 0 Å². The van der Waals surface area contributed by atoms with E-state index in [-0.39, 0.29) is 12.3 Å². The highest BCUT2D eigenvalue weighted by Crippen LogP contribution is 2.39. The van der Waals surface area contributed by atoms with Crippen molar-refractivity contribution in [2.24, 2.45) is 5.92 Å². The number of rotatable bonds is 7. The first-order chi connectivity index (χ1) is 9.96. The SMILES string of the molecule is COc1ccc(CC(=O)NCC(C)(O)C2CC2)cc1OC. The summed E-state index contributed by atoms with van der Waals surface area (Å²) in [4.78, 5) is 12.0. The zero-order valence-electron chi connectivity index (χ0n) is 12.8. The summed E-state index contributed by atoms with van der Waals surface area (Å²) in [6.07, 6.45) is 2.33. The van der Waals surface area contributed by atoms with Crippen LogP contribution in [0.5, 0.6) is 11.5 Å². The molecule has 5 nitrogen and oxygen atoms in total. The molecular weight excluding hydrogens is 270 g/mol. The number of hydrogen-bond donors (Lipinski definition) is 2. The highest BCUT2D eigenvalue weighted by molar-refractivity contribution is 5.78. The number of methoxy groups -OCH3 is 2. The average molecular weight is 293 g/mol. The number of hydrogen-bond acceptors (Lipinski definition) is 4. The van der Waals surface area contributed by atoms with Crippen LogP contribution in [-0.4, -0.2) is 37.4 Å². The summed E-state index contributed by atoms with van der Waals surface area (Å²) >= 11 is 0. The molecule has 0 bridgehead atoms. The second kappa shape index (κ2) is 6.35. The molecule has 0 aliphatic heterocycles. The van der Waals surface area contributed by atoms with Gasteiger partial charge in [0.2, 0.25) is 5.91 Å². The maximum absolute atomic E-state index is 12.0. The van der Waals surface area contributed by atoms with E-state index in [4.69, 9.17) is 9.47 Å². The number of carbonyl (C=O) groups is 1. The third-order valence-corrected chi connectivity index (χ3v) is 3.91. The molecule has 1 aromatic rings. The van der Waals surface area contributed by atoms with Gasteiger partial charge in [0.15, 0.2) is 11.5 Å². The number of carbonyl (C=O) groups excluding carboxylic acids is 1. The minimum absolute atomic E-state index is 0.108. The molecule has 1 atom stereocenters.